The standard InChI is InChI=1S/C13H24N2S/c1-10(2)12(15(4)5)9-14-11(3)13-7-6-8-16-13/h6-8,10-12,14H,9H2,1-5H3. The molecule has 0 fully saturated rings. The van der Waals surface area contributed by atoms with Crippen LogP contribution in [0.2, 0.25) is 0 Å². The zero-order valence-corrected chi connectivity index (χ0v) is 11.8. The van der Waals surface area contributed by atoms with Gasteiger partial charge in [0.05, 0.1) is 0 Å². The van der Waals surface area contributed by atoms with E-state index in [1.54, 1.807) is 0 Å². The van der Waals surface area contributed by atoms with Crippen LogP contribution in [0.1, 0.15) is 31.7 Å². The van der Waals surface area contributed by atoms with E-state index in [0.717, 1.165) is 6.54 Å². The molecule has 0 bridgehead atoms. The van der Waals surface area contributed by atoms with Crippen molar-refractivity contribution in [2.24, 2.45) is 5.92 Å². The summed E-state index contributed by atoms with van der Waals surface area (Å²) in [5.41, 5.74) is 0. The zero-order valence-electron chi connectivity index (χ0n) is 11.0. The van der Waals surface area contributed by atoms with Gasteiger partial charge >= 0.3 is 0 Å². The summed E-state index contributed by atoms with van der Waals surface area (Å²) < 4.78 is 0. The van der Waals surface area contributed by atoms with Crippen molar-refractivity contribution >= 4 is 11.3 Å². The Morgan fingerprint density at radius 1 is 1.31 bits per heavy atom. The number of likely N-dealkylation sites (N-methyl/N-ethyl adjacent to an activating group) is 1. The summed E-state index contributed by atoms with van der Waals surface area (Å²) in [6.45, 7) is 7.84. The highest BCUT2D eigenvalue weighted by Gasteiger charge is 2.16. The molecule has 1 aromatic rings. The van der Waals surface area contributed by atoms with Gasteiger partial charge in [-0.05, 0) is 38.4 Å². The maximum atomic E-state index is 3.62. The lowest BCUT2D eigenvalue weighted by molar-refractivity contribution is 0.220. The minimum Gasteiger partial charge on any atom is -0.308 e. The largest absolute Gasteiger partial charge is 0.308 e. The Hall–Kier alpha value is -0.380. The van der Waals surface area contributed by atoms with Crippen LogP contribution in [-0.4, -0.2) is 31.6 Å². The third-order valence-electron chi connectivity index (χ3n) is 3.04. The third-order valence-corrected chi connectivity index (χ3v) is 4.09. The van der Waals surface area contributed by atoms with Crippen molar-refractivity contribution in [2.45, 2.75) is 32.9 Å². The second-order valence-electron chi connectivity index (χ2n) is 4.92. The predicted octanol–water partition coefficient (Wildman–Crippen LogP) is 2.98. The van der Waals surface area contributed by atoms with E-state index < -0.39 is 0 Å². The fourth-order valence-electron chi connectivity index (χ4n) is 1.95. The van der Waals surface area contributed by atoms with E-state index in [4.69, 9.17) is 0 Å². The van der Waals surface area contributed by atoms with Crippen molar-refractivity contribution in [1.82, 2.24) is 10.2 Å². The van der Waals surface area contributed by atoms with Gasteiger partial charge in [-0.1, -0.05) is 19.9 Å². The normalized spacial score (nSPS) is 15.7. The Morgan fingerprint density at radius 2 is 2.00 bits per heavy atom. The lowest BCUT2D eigenvalue weighted by Gasteiger charge is -2.29. The van der Waals surface area contributed by atoms with E-state index in [9.17, 15) is 0 Å². The molecule has 1 aromatic heterocycles. The lowest BCUT2D eigenvalue weighted by Crippen LogP contribution is -2.42. The summed E-state index contributed by atoms with van der Waals surface area (Å²) in [6.07, 6.45) is 0. The first kappa shape index (κ1) is 13.7. The number of hydrogen-bond acceptors (Lipinski definition) is 3. The monoisotopic (exact) mass is 240 g/mol. The van der Waals surface area contributed by atoms with Gasteiger partial charge in [-0.15, -0.1) is 11.3 Å². The molecule has 1 N–H and O–H groups in total. The molecule has 3 heteroatoms. The molecule has 1 rings (SSSR count). The zero-order chi connectivity index (χ0) is 12.1. The van der Waals surface area contributed by atoms with Crippen LogP contribution in [-0.2, 0) is 0 Å². The summed E-state index contributed by atoms with van der Waals surface area (Å²) >= 11 is 1.82. The number of hydrogen-bond donors (Lipinski definition) is 1. The van der Waals surface area contributed by atoms with E-state index in [1.807, 2.05) is 11.3 Å². The van der Waals surface area contributed by atoms with Crippen LogP contribution in [0, 0.1) is 5.92 Å². The Morgan fingerprint density at radius 3 is 2.44 bits per heavy atom. The minimum atomic E-state index is 0.459. The second-order valence-corrected chi connectivity index (χ2v) is 5.90. The van der Waals surface area contributed by atoms with Gasteiger partial charge in [-0.25, -0.2) is 0 Å². The highest BCUT2D eigenvalue weighted by molar-refractivity contribution is 7.10. The molecule has 2 nitrogen and oxygen atoms in total. The Labute approximate surface area is 104 Å². The Kier molecular flexibility index (Phi) is 5.46. The van der Waals surface area contributed by atoms with Crippen LogP contribution in [0.25, 0.3) is 0 Å². The topological polar surface area (TPSA) is 15.3 Å². The first-order chi connectivity index (χ1) is 7.52. The van der Waals surface area contributed by atoms with Crippen LogP contribution < -0.4 is 5.32 Å². The van der Waals surface area contributed by atoms with Crippen molar-refractivity contribution in [3.05, 3.63) is 22.4 Å². The molecule has 1 heterocycles. The summed E-state index contributed by atoms with van der Waals surface area (Å²) in [7, 11) is 4.31. The van der Waals surface area contributed by atoms with Gasteiger partial charge in [0.1, 0.15) is 0 Å². The molecular weight excluding hydrogens is 216 g/mol. The highest BCUT2D eigenvalue weighted by Crippen LogP contribution is 2.18. The highest BCUT2D eigenvalue weighted by atomic mass is 32.1. The van der Waals surface area contributed by atoms with E-state index in [1.165, 1.54) is 4.88 Å². The van der Waals surface area contributed by atoms with Crippen molar-refractivity contribution in [1.29, 1.82) is 0 Å². The molecule has 0 amide bonds. The molecule has 0 aromatic carbocycles. The molecule has 0 saturated carbocycles. The number of nitrogens with zero attached hydrogens (tertiary/aromatic N) is 1. The van der Waals surface area contributed by atoms with E-state index >= 15 is 0 Å². The summed E-state index contributed by atoms with van der Waals surface area (Å²) in [6, 6.07) is 5.37. The van der Waals surface area contributed by atoms with Crippen molar-refractivity contribution in [3.8, 4) is 0 Å². The molecule has 16 heavy (non-hydrogen) atoms. The summed E-state index contributed by atoms with van der Waals surface area (Å²) in [5, 5.41) is 5.75. The van der Waals surface area contributed by atoms with E-state index in [0.29, 0.717) is 18.0 Å². The van der Waals surface area contributed by atoms with Crippen molar-refractivity contribution in [3.63, 3.8) is 0 Å². The molecule has 92 valence electrons. The number of thiophene rings is 1. The van der Waals surface area contributed by atoms with E-state index in [2.05, 4.69) is 62.6 Å². The Balaban J connectivity index is 2.43. The van der Waals surface area contributed by atoms with Gasteiger partial charge in [0.15, 0.2) is 0 Å². The Bertz CT molecular complexity index is 272. The smallest absolute Gasteiger partial charge is 0.0386 e. The molecule has 0 aliphatic heterocycles. The number of rotatable bonds is 6. The molecule has 0 aliphatic carbocycles. The molecule has 2 unspecified atom stereocenters. The predicted molar refractivity (Wildman–Crippen MR) is 73.0 cm³/mol. The average molecular weight is 240 g/mol. The summed E-state index contributed by atoms with van der Waals surface area (Å²) in [5.74, 6) is 0.679. The van der Waals surface area contributed by atoms with Crippen molar-refractivity contribution in [2.75, 3.05) is 20.6 Å². The third kappa shape index (κ3) is 3.89. The van der Waals surface area contributed by atoms with Gasteiger partial charge in [-0.3, -0.25) is 0 Å². The van der Waals surface area contributed by atoms with Gasteiger partial charge in [-0.2, -0.15) is 0 Å². The first-order valence-electron chi connectivity index (χ1n) is 5.95. The fourth-order valence-corrected chi connectivity index (χ4v) is 2.71. The molecule has 2 atom stereocenters. The van der Waals surface area contributed by atoms with Crippen LogP contribution in [0.3, 0.4) is 0 Å². The maximum Gasteiger partial charge on any atom is 0.0386 e. The molecule has 0 radical (unpaired) electrons. The lowest BCUT2D eigenvalue weighted by atomic mass is 10.0. The molecular formula is C13H24N2S. The fraction of sp³-hybridized carbons (Fsp3) is 0.692. The minimum absolute atomic E-state index is 0.459. The molecule has 0 spiro atoms. The number of nitrogens with one attached hydrogen (secondary N) is 1. The molecule has 0 saturated heterocycles. The average Bonchev–Trinajstić information content (AvgIpc) is 2.69. The quantitative estimate of drug-likeness (QED) is 0.822. The van der Waals surface area contributed by atoms with Crippen molar-refractivity contribution < 1.29 is 0 Å². The van der Waals surface area contributed by atoms with Crippen LogP contribution >= 0.6 is 11.3 Å². The first-order valence-corrected chi connectivity index (χ1v) is 6.83. The van der Waals surface area contributed by atoms with Crippen LogP contribution in [0.15, 0.2) is 17.5 Å². The van der Waals surface area contributed by atoms with Gasteiger partial charge in [0.25, 0.3) is 0 Å². The maximum absolute atomic E-state index is 3.62. The van der Waals surface area contributed by atoms with Gasteiger partial charge < -0.3 is 10.2 Å². The SMILES string of the molecule is CC(NCC(C(C)C)N(C)C)c1cccs1. The second kappa shape index (κ2) is 6.38. The molecule has 0 aliphatic rings. The van der Waals surface area contributed by atoms with E-state index in [-0.39, 0.29) is 0 Å². The van der Waals surface area contributed by atoms with Gasteiger partial charge in [0, 0.05) is 23.5 Å². The van der Waals surface area contributed by atoms with Crippen LogP contribution in [0.5, 0.6) is 0 Å². The van der Waals surface area contributed by atoms with Crippen LogP contribution in [0.4, 0.5) is 0 Å². The summed E-state index contributed by atoms with van der Waals surface area (Å²) in [4.78, 5) is 3.72. The van der Waals surface area contributed by atoms with Gasteiger partial charge in [0.2, 0.25) is 0 Å².